The molecular weight excluding hydrogens is 569 g/mol. The van der Waals surface area contributed by atoms with Crippen LogP contribution in [-0.4, -0.2) is 20.4 Å². The molecule has 180 valence electrons. The molecule has 0 radical (unpaired) electrons. The van der Waals surface area contributed by atoms with E-state index in [9.17, 15) is 18.2 Å². The second-order valence-electron chi connectivity index (χ2n) is 7.86. The molecule has 4 aromatic rings. The van der Waals surface area contributed by atoms with Gasteiger partial charge in [-0.15, -0.1) is 0 Å². The Labute approximate surface area is 216 Å². The summed E-state index contributed by atoms with van der Waals surface area (Å²) in [4.78, 5) is 0.210. The highest BCUT2D eigenvalue weighted by Crippen LogP contribution is 2.60. The molecular formula is C25H21BrNO5PS2. The van der Waals surface area contributed by atoms with Crippen LogP contribution in [0.4, 0.5) is 0 Å². The van der Waals surface area contributed by atoms with Crippen molar-refractivity contribution in [2.45, 2.75) is 18.2 Å². The van der Waals surface area contributed by atoms with Crippen molar-refractivity contribution in [3.8, 4) is 17.6 Å². The minimum absolute atomic E-state index is 0.210. The lowest BCUT2D eigenvalue weighted by molar-refractivity contribution is 0.408. The Kier molecular flexibility index (Phi) is 7.48. The fourth-order valence-corrected chi connectivity index (χ4v) is 7.86. The van der Waals surface area contributed by atoms with Gasteiger partial charge in [-0.25, -0.2) is 13.0 Å². The van der Waals surface area contributed by atoms with E-state index in [-0.39, 0.29) is 10.6 Å². The molecule has 0 amide bonds. The lowest BCUT2D eigenvalue weighted by atomic mass is 10.00. The number of nitrogens with zero attached hydrogens (tertiary/aromatic N) is 1. The molecule has 1 atom stereocenters. The summed E-state index contributed by atoms with van der Waals surface area (Å²) in [5.74, 6) is 1.22. The highest BCUT2D eigenvalue weighted by Gasteiger charge is 2.29. The maximum Gasteiger partial charge on any atom is 0.492 e. The number of rotatable bonds is 8. The van der Waals surface area contributed by atoms with Crippen molar-refractivity contribution in [3.63, 3.8) is 0 Å². The van der Waals surface area contributed by atoms with Crippen LogP contribution >= 0.6 is 34.1 Å². The van der Waals surface area contributed by atoms with Crippen LogP contribution in [0.25, 0.3) is 21.5 Å². The third kappa shape index (κ3) is 6.02. The van der Waals surface area contributed by atoms with E-state index in [4.69, 9.17) is 9.05 Å². The number of hydrogen-bond acceptors (Lipinski definition) is 7. The van der Waals surface area contributed by atoms with Gasteiger partial charge in [0, 0.05) is 21.9 Å². The topological polar surface area (TPSA) is 93.5 Å². The number of sulfone groups is 1. The van der Waals surface area contributed by atoms with E-state index >= 15 is 0 Å². The molecule has 10 heteroatoms. The summed E-state index contributed by atoms with van der Waals surface area (Å²) in [5.41, 5.74) is 0.318. The van der Waals surface area contributed by atoms with Gasteiger partial charge in [0.05, 0.1) is 16.5 Å². The van der Waals surface area contributed by atoms with E-state index in [1.807, 2.05) is 19.1 Å². The Morgan fingerprint density at radius 2 is 1.74 bits per heavy atom. The van der Waals surface area contributed by atoms with Gasteiger partial charge in [-0.1, -0.05) is 35.0 Å². The van der Waals surface area contributed by atoms with Gasteiger partial charge in [0.2, 0.25) is 0 Å². The Morgan fingerprint density at radius 1 is 0.971 bits per heavy atom. The number of fused-ring (bicyclic) bond motifs is 2. The van der Waals surface area contributed by atoms with E-state index in [0.717, 1.165) is 33.9 Å². The molecule has 4 rings (SSSR count). The zero-order chi connectivity index (χ0) is 25.2. The third-order valence-electron chi connectivity index (χ3n) is 5.09. The van der Waals surface area contributed by atoms with Crippen molar-refractivity contribution in [3.05, 3.63) is 76.8 Å². The van der Waals surface area contributed by atoms with Crippen molar-refractivity contribution in [1.82, 2.24) is 0 Å². The molecule has 0 aromatic heterocycles. The van der Waals surface area contributed by atoms with Gasteiger partial charge in [0.15, 0.2) is 9.84 Å². The first-order valence-corrected chi connectivity index (χ1v) is 16.4. The number of nitriles is 1. The lowest BCUT2D eigenvalue weighted by Gasteiger charge is -2.19. The van der Waals surface area contributed by atoms with Crippen LogP contribution in [0.2, 0.25) is 0 Å². The number of hydrogen-bond donors (Lipinski definition) is 0. The third-order valence-corrected chi connectivity index (χ3v) is 10.4. The molecule has 1 unspecified atom stereocenters. The first-order chi connectivity index (χ1) is 16.6. The van der Waals surface area contributed by atoms with E-state index < -0.39 is 16.6 Å². The van der Waals surface area contributed by atoms with Gasteiger partial charge < -0.3 is 9.05 Å². The predicted octanol–water partition coefficient (Wildman–Crippen LogP) is 7.74. The molecule has 0 heterocycles. The van der Waals surface area contributed by atoms with Gasteiger partial charge in [0.1, 0.15) is 11.5 Å². The largest absolute Gasteiger partial charge is 0.492 e. The average Bonchev–Trinajstić information content (AvgIpc) is 2.80. The summed E-state index contributed by atoms with van der Waals surface area (Å²) in [5, 5.41) is 12.7. The molecule has 0 N–H and O–H groups in total. The molecule has 0 saturated carbocycles. The molecule has 0 fully saturated rings. The van der Waals surface area contributed by atoms with Crippen LogP contribution in [0.1, 0.15) is 18.9 Å². The molecule has 0 aliphatic heterocycles. The second kappa shape index (κ2) is 10.2. The molecule has 0 spiro atoms. The minimum Gasteiger partial charge on any atom is -0.408 e. The van der Waals surface area contributed by atoms with E-state index in [2.05, 4.69) is 22.0 Å². The Hall–Kier alpha value is -2.50. The van der Waals surface area contributed by atoms with E-state index in [1.165, 1.54) is 6.07 Å². The summed E-state index contributed by atoms with van der Waals surface area (Å²) in [6.45, 7) is -1.69. The fraction of sp³-hybridized carbons (Fsp3) is 0.160. The molecule has 0 aliphatic carbocycles. The molecule has 6 nitrogen and oxygen atoms in total. The standard InChI is InChI=1S/C25H21BrNO5PS2/c1-3-9-34-33(28,31-22-6-4-5-21(26)15-22)32-23-11-19-10-17-7-8-24(35(2,29)30)13-18(17)14-25(19)20(12-23)16-27/h4-8,10-15H,3,9H2,1-2H3. The van der Waals surface area contributed by atoms with Crippen LogP contribution in [-0.2, 0) is 14.4 Å². The number of benzene rings is 4. The van der Waals surface area contributed by atoms with Crippen LogP contribution in [0.3, 0.4) is 0 Å². The Morgan fingerprint density at radius 3 is 2.43 bits per heavy atom. The summed E-state index contributed by atoms with van der Waals surface area (Å²) >= 11 is 4.48. The van der Waals surface area contributed by atoms with Crippen LogP contribution < -0.4 is 9.05 Å². The zero-order valence-electron chi connectivity index (χ0n) is 18.9. The fourth-order valence-electron chi connectivity index (χ4n) is 3.49. The average molecular weight is 590 g/mol. The van der Waals surface area contributed by atoms with Gasteiger partial charge in [-0.3, -0.25) is 0 Å². The highest BCUT2D eigenvalue weighted by molar-refractivity contribution is 9.10. The molecule has 35 heavy (non-hydrogen) atoms. The van der Waals surface area contributed by atoms with Crippen LogP contribution in [0.15, 0.2) is 76.1 Å². The summed E-state index contributed by atoms with van der Waals surface area (Å²) in [6, 6.07) is 20.9. The quantitative estimate of drug-likeness (QED) is 0.153. The maximum atomic E-state index is 13.7. The summed E-state index contributed by atoms with van der Waals surface area (Å²) in [7, 11) is -3.36. The van der Waals surface area contributed by atoms with Crippen molar-refractivity contribution in [2.24, 2.45) is 0 Å². The van der Waals surface area contributed by atoms with Crippen LogP contribution in [0.5, 0.6) is 11.5 Å². The van der Waals surface area contributed by atoms with Crippen LogP contribution in [0, 0.1) is 11.3 Å². The zero-order valence-corrected chi connectivity index (χ0v) is 23.0. The molecule has 4 aromatic carbocycles. The maximum absolute atomic E-state index is 13.7. The minimum atomic E-state index is -3.66. The Bertz CT molecular complexity index is 1630. The van der Waals surface area contributed by atoms with Crippen molar-refractivity contribution >= 4 is 65.5 Å². The molecule has 0 bridgehead atoms. The summed E-state index contributed by atoms with van der Waals surface area (Å²) < 4.78 is 50.1. The van der Waals surface area contributed by atoms with E-state index in [1.54, 1.807) is 48.5 Å². The molecule has 0 saturated heterocycles. The normalized spacial score (nSPS) is 13.3. The van der Waals surface area contributed by atoms with Crippen molar-refractivity contribution in [2.75, 3.05) is 12.0 Å². The van der Waals surface area contributed by atoms with Gasteiger partial charge in [-0.05, 0) is 88.6 Å². The first-order valence-electron chi connectivity index (χ1n) is 10.6. The lowest BCUT2D eigenvalue weighted by Crippen LogP contribution is -2.00. The highest BCUT2D eigenvalue weighted by atomic mass is 79.9. The monoisotopic (exact) mass is 589 g/mol. The first kappa shape index (κ1) is 25.6. The smallest absolute Gasteiger partial charge is 0.408 e. The van der Waals surface area contributed by atoms with Gasteiger partial charge >= 0.3 is 6.80 Å². The summed E-state index contributed by atoms with van der Waals surface area (Å²) in [6.07, 6.45) is 1.94. The van der Waals surface area contributed by atoms with Gasteiger partial charge in [-0.2, -0.15) is 5.26 Å². The predicted molar refractivity (Wildman–Crippen MR) is 145 cm³/mol. The molecule has 0 aliphatic rings. The second-order valence-corrected chi connectivity index (χ2v) is 14.8. The number of halogens is 1. The van der Waals surface area contributed by atoms with Gasteiger partial charge in [0.25, 0.3) is 0 Å². The SMILES string of the molecule is CCCSP(=O)(Oc1cccc(Br)c1)Oc1cc(C#N)c2cc3cc(S(C)(=O)=O)ccc3cc2c1. The van der Waals surface area contributed by atoms with Crippen molar-refractivity contribution < 1.29 is 22.0 Å². The van der Waals surface area contributed by atoms with Crippen molar-refractivity contribution in [1.29, 1.82) is 5.26 Å². The van der Waals surface area contributed by atoms with E-state index in [0.29, 0.717) is 33.2 Å². The Balaban J connectivity index is 1.77.